The van der Waals surface area contributed by atoms with E-state index in [1.807, 2.05) is 6.07 Å². The largest absolute Gasteiger partial charge is 0.467 e. The molecule has 1 aromatic carbocycles. The summed E-state index contributed by atoms with van der Waals surface area (Å²) in [5.41, 5.74) is 0.347. The zero-order valence-electron chi connectivity index (χ0n) is 16.2. The SMILES string of the molecule is CC(Sc1nc2ccccc2c(=O)n1Cc1ccco1)C(=O)Nc1ncc(Cl)cc1Cl. The quantitative estimate of drug-likeness (QED) is 0.317. The summed E-state index contributed by atoms with van der Waals surface area (Å²) < 4.78 is 6.91. The van der Waals surface area contributed by atoms with E-state index in [0.29, 0.717) is 26.8 Å². The van der Waals surface area contributed by atoms with Gasteiger partial charge in [0.1, 0.15) is 5.76 Å². The number of fused-ring (bicyclic) bond motifs is 1. The fourth-order valence-electron chi connectivity index (χ4n) is 2.87. The van der Waals surface area contributed by atoms with Crippen molar-refractivity contribution >= 4 is 57.6 Å². The van der Waals surface area contributed by atoms with Gasteiger partial charge in [0.05, 0.1) is 39.0 Å². The molecule has 4 aromatic rings. The lowest BCUT2D eigenvalue weighted by Gasteiger charge is -2.16. The molecule has 31 heavy (non-hydrogen) atoms. The Labute approximate surface area is 191 Å². The van der Waals surface area contributed by atoms with Crippen molar-refractivity contribution in [3.8, 4) is 0 Å². The summed E-state index contributed by atoms with van der Waals surface area (Å²) >= 11 is 13.1. The van der Waals surface area contributed by atoms with Gasteiger partial charge in [-0.3, -0.25) is 14.2 Å². The molecule has 3 aromatic heterocycles. The average molecular weight is 475 g/mol. The number of hydrogen-bond acceptors (Lipinski definition) is 6. The molecule has 1 N–H and O–H groups in total. The Morgan fingerprint density at radius 3 is 2.81 bits per heavy atom. The third kappa shape index (κ3) is 4.76. The van der Waals surface area contributed by atoms with Crippen molar-refractivity contribution in [2.24, 2.45) is 0 Å². The highest BCUT2D eigenvalue weighted by Gasteiger charge is 2.21. The standard InChI is InChI=1S/C21H16Cl2N4O3S/c1-12(19(28)26-18-16(23)9-13(22)10-24-18)31-21-25-17-7-3-2-6-15(17)20(29)27(21)11-14-5-4-8-30-14/h2-10,12H,11H2,1H3,(H,24,26,28). The lowest BCUT2D eigenvalue weighted by molar-refractivity contribution is -0.115. The number of carbonyl (C=O) groups is 1. The minimum atomic E-state index is -0.593. The summed E-state index contributed by atoms with van der Waals surface area (Å²) in [5.74, 6) is 0.479. The van der Waals surface area contributed by atoms with Gasteiger partial charge in [-0.25, -0.2) is 9.97 Å². The monoisotopic (exact) mass is 474 g/mol. The fraction of sp³-hybridized carbons (Fsp3) is 0.143. The van der Waals surface area contributed by atoms with Gasteiger partial charge in [-0.15, -0.1) is 0 Å². The number of pyridine rings is 1. The van der Waals surface area contributed by atoms with E-state index in [1.165, 1.54) is 16.8 Å². The molecule has 1 amide bonds. The number of nitrogens with zero attached hydrogens (tertiary/aromatic N) is 3. The molecule has 0 aliphatic heterocycles. The third-order valence-corrected chi connectivity index (χ3v) is 6.01. The van der Waals surface area contributed by atoms with Crippen LogP contribution >= 0.6 is 35.0 Å². The average Bonchev–Trinajstić information content (AvgIpc) is 3.26. The number of amides is 1. The molecule has 7 nitrogen and oxygen atoms in total. The number of nitrogens with one attached hydrogen (secondary N) is 1. The van der Waals surface area contributed by atoms with Crippen LogP contribution in [0.4, 0.5) is 5.82 Å². The highest BCUT2D eigenvalue weighted by Crippen LogP contribution is 2.26. The van der Waals surface area contributed by atoms with Crippen LogP contribution in [-0.2, 0) is 11.3 Å². The zero-order chi connectivity index (χ0) is 22.0. The molecular weight excluding hydrogens is 459 g/mol. The Morgan fingerprint density at radius 1 is 1.26 bits per heavy atom. The lowest BCUT2D eigenvalue weighted by Crippen LogP contribution is -2.27. The van der Waals surface area contributed by atoms with Crippen molar-refractivity contribution in [2.45, 2.75) is 23.9 Å². The molecule has 158 valence electrons. The predicted octanol–water partition coefficient (Wildman–Crippen LogP) is 4.86. The maximum Gasteiger partial charge on any atom is 0.262 e. The summed E-state index contributed by atoms with van der Waals surface area (Å²) in [4.78, 5) is 34.5. The molecule has 1 unspecified atom stereocenters. The molecular formula is C21H16Cl2N4O3S. The second-order valence-electron chi connectivity index (χ2n) is 6.62. The molecule has 0 saturated carbocycles. The van der Waals surface area contributed by atoms with Crippen LogP contribution in [0.3, 0.4) is 0 Å². The van der Waals surface area contributed by atoms with Gasteiger partial charge >= 0.3 is 0 Å². The van der Waals surface area contributed by atoms with E-state index in [4.69, 9.17) is 27.6 Å². The molecule has 0 aliphatic carbocycles. The van der Waals surface area contributed by atoms with Crippen molar-refractivity contribution in [2.75, 3.05) is 5.32 Å². The van der Waals surface area contributed by atoms with Crippen LogP contribution in [0.2, 0.25) is 10.0 Å². The highest BCUT2D eigenvalue weighted by atomic mass is 35.5. The third-order valence-electron chi connectivity index (χ3n) is 4.42. The summed E-state index contributed by atoms with van der Waals surface area (Å²) in [6.07, 6.45) is 2.94. The van der Waals surface area contributed by atoms with Crippen molar-refractivity contribution < 1.29 is 9.21 Å². The molecule has 0 aliphatic rings. The predicted molar refractivity (Wildman–Crippen MR) is 122 cm³/mol. The van der Waals surface area contributed by atoms with Crippen LogP contribution in [0.15, 0.2) is 69.3 Å². The molecule has 1 atom stereocenters. The van der Waals surface area contributed by atoms with Crippen molar-refractivity contribution in [1.82, 2.24) is 14.5 Å². The van der Waals surface area contributed by atoms with Crippen LogP contribution in [0.5, 0.6) is 0 Å². The number of thioether (sulfide) groups is 1. The van der Waals surface area contributed by atoms with Gasteiger partial charge in [0.15, 0.2) is 11.0 Å². The van der Waals surface area contributed by atoms with Gasteiger partial charge in [0, 0.05) is 6.20 Å². The molecule has 0 radical (unpaired) electrons. The Bertz CT molecular complexity index is 1310. The molecule has 10 heteroatoms. The van der Waals surface area contributed by atoms with E-state index < -0.39 is 5.25 Å². The number of carbonyl (C=O) groups excluding carboxylic acids is 1. The van der Waals surface area contributed by atoms with Crippen molar-refractivity contribution in [3.05, 3.63) is 81.1 Å². The van der Waals surface area contributed by atoms with Crippen LogP contribution < -0.4 is 10.9 Å². The summed E-state index contributed by atoms with van der Waals surface area (Å²) in [6.45, 7) is 1.91. The zero-order valence-corrected chi connectivity index (χ0v) is 18.5. The van der Waals surface area contributed by atoms with E-state index >= 15 is 0 Å². The molecule has 4 rings (SSSR count). The van der Waals surface area contributed by atoms with E-state index in [0.717, 1.165) is 11.8 Å². The number of para-hydroxylation sites is 1. The maximum atomic E-state index is 13.1. The van der Waals surface area contributed by atoms with E-state index in [9.17, 15) is 9.59 Å². The molecule has 0 saturated heterocycles. The highest BCUT2D eigenvalue weighted by molar-refractivity contribution is 8.00. The van der Waals surface area contributed by atoms with Crippen LogP contribution in [0.1, 0.15) is 12.7 Å². The summed E-state index contributed by atoms with van der Waals surface area (Å²) in [6, 6.07) is 12.1. The number of halogens is 2. The maximum absolute atomic E-state index is 13.1. The van der Waals surface area contributed by atoms with Crippen molar-refractivity contribution in [3.63, 3.8) is 0 Å². The number of hydrogen-bond donors (Lipinski definition) is 1. The molecule has 0 fully saturated rings. The number of anilines is 1. The lowest BCUT2D eigenvalue weighted by atomic mass is 10.2. The fourth-order valence-corrected chi connectivity index (χ4v) is 4.21. The van der Waals surface area contributed by atoms with Gasteiger partial charge < -0.3 is 9.73 Å². The van der Waals surface area contributed by atoms with E-state index in [2.05, 4.69) is 15.3 Å². The first-order valence-corrected chi connectivity index (χ1v) is 10.9. The Morgan fingerprint density at radius 2 is 2.06 bits per heavy atom. The van der Waals surface area contributed by atoms with Crippen molar-refractivity contribution in [1.29, 1.82) is 0 Å². The first kappa shape index (κ1) is 21.4. The van der Waals surface area contributed by atoms with Gasteiger partial charge in [-0.2, -0.15) is 0 Å². The topological polar surface area (TPSA) is 90.0 Å². The van der Waals surface area contributed by atoms with Crippen LogP contribution in [0, 0.1) is 0 Å². The number of aromatic nitrogens is 3. The molecule has 0 spiro atoms. The number of benzene rings is 1. The second kappa shape index (κ2) is 9.13. The minimum Gasteiger partial charge on any atom is -0.467 e. The van der Waals surface area contributed by atoms with Gasteiger partial charge in [-0.05, 0) is 37.3 Å². The van der Waals surface area contributed by atoms with Gasteiger partial charge in [0.2, 0.25) is 5.91 Å². The summed E-state index contributed by atoms with van der Waals surface area (Å²) in [5, 5.41) is 3.58. The molecule has 3 heterocycles. The van der Waals surface area contributed by atoms with Gasteiger partial charge in [-0.1, -0.05) is 47.1 Å². The van der Waals surface area contributed by atoms with E-state index in [-0.39, 0.29) is 28.9 Å². The Hall–Kier alpha value is -2.81. The minimum absolute atomic E-state index is 0.199. The number of furan rings is 1. The van der Waals surface area contributed by atoms with Crippen LogP contribution in [0.25, 0.3) is 10.9 Å². The normalized spacial score (nSPS) is 12.1. The summed E-state index contributed by atoms with van der Waals surface area (Å²) in [7, 11) is 0. The number of rotatable bonds is 6. The first-order chi connectivity index (χ1) is 14.9. The second-order valence-corrected chi connectivity index (χ2v) is 8.77. The Kier molecular flexibility index (Phi) is 6.31. The van der Waals surface area contributed by atoms with E-state index in [1.54, 1.807) is 43.5 Å². The van der Waals surface area contributed by atoms with Crippen LogP contribution in [-0.4, -0.2) is 25.7 Å². The van der Waals surface area contributed by atoms with Gasteiger partial charge in [0.25, 0.3) is 5.56 Å². The first-order valence-electron chi connectivity index (χ1n) is 9.23. The Balaban J connectivity index is 1.64. The molecule has 0 bridgehead atoms. The smallest absolute Gasteiger partial charge is 0.262 e.